The minimum Gasteiger partial charge on any atom is -0.357 e. The van der Waals surface area contributed by atoms with Crippen LogP contribution in [0.25, 0.3) is 0 Å². The highest BCUT2D eigenvalue weighted by molar-refractivity contribution is 14.0. The fourth-order valence-corrected chi connectivity index (χ4v) is 2.60. The van der Waals surface area contributed by atoms with Crippen molar-refractivity contribution in [3.05, 3.63) is 0 Å². The second-order valence-electron chi connectivity index (χ2n) is 5.44. The van der Waals surface area contributed by atoms with E-state index in [1.54, 1.807) is 0 Å². The number of likely N-dealkylation sites (tertiary alicyclic amines) is 1. The Hall–Kier alpha value is 0. The summed E-state index contributed by atoms with van der Waals surface area (Å²) in [6, 6.07) is 0. The van der Waals surface area contributed by atoms with Crippen molar-refractivity contribution >= 4 is 29.9 Å². The number of nitrogens with zero attached hydrogens (tertiary/aromatic N) is 2. The van der Waals surface area contributed by atoms with Gasteiger partial charge in [0.2, 0.25) is 0 Å². The summed E-state index contributed by atoms with van der Waals surface area (Å²) in [6.07, 6.45) is 3.76. The zero-order chi connectivity index (χ0) is 12.7. The van der Waals surface area contributed by atoms with E-state index in [1.807, 2.05) is 0 Å². The van der Waals surface area contributed by atoms with Crippen LogP contribution < -0.4 is 5.32 Å². The summed E-state index contributed by atoms with van der Waals surface area (Å²) in [5.74, 6) is 2.70. The normalized spacial score (nSPS) is 24.7. The topological polar surface area (TPSA) is 27.6 Å². The van der Waals surface area contributed by atoms with Gasteiger partial charge in [0, 0.05) is 26.2 Å². The molecule has 2 unspecified atom stereocenters. The summed E-state index contributed by atoms with van der Waals surface area (Å²) in [6.45, 7) is 13.3. The van der Waals surface area contributed by atoms with E-state index >= 15 is 0 Å². The molecule has 1 fully saturated rings. The molecule has 0 aromatic heterocycles. The van der Waals surface area contributed by atoms with Gasteiger partial charge in [-0.15, -0.1) is 24.0 Å². The Morgan fingerprint density at radius 2 is 1.83 bits per heavy atom. The number of hydrogen-bond donors (Lipinski definition) is 1. The average molecular weight is 367 g/mol. The fourth-order valence-electron chi connectivity index (χ4n) is 2.60. The van der Waals surface area contributed by atoms with Gasteiger partial charge < -0.3 is 10.2 Å². The second-order valence-corrected chi connectivity index (χ2v) is 5.44. The summed E-state index contributed by atoms with van der Waals surface area (Å²) in [4.78, 5) is 7.17. The molecular weight excluding hydrogens is 337 g/mol. The second kappa shape index (κ2) is 9.87. The van der Waals surface area contributed by atoms with E-state index in [9.17, 15) is 0 Å². The third-order valence-electron chi connectivity index (χ3n) is 3.28. The number of guanidine groups is 1. The molecule has 1 rings (SSSR count). The van der Waals surface area contributed by atoms with Crippen molar-refractivity contribution in [3.63, 3.8) is 0 Å². The van der Waals surface area contributed by atoms with Crippen LogP contribution in [0.2, 0.25) is 0 Å². The molecule has 0 spiro atoms. The van der Waals surface area contributed by atoms with Crippen molar-refractivity contribution in [2.75, 3.05) is 26.2 Å². The molecule has 4 heteroatoms. The first-order valence-electron chi connectivity index (χ1n) is 7.20. The van der Waals surface area contributed by atoms with Gasteiger partial charge in [0.05, 0.1) is 0 Å². The van der Waals surface area contributed by atoms with Crippen LogP contribution in [0.1, 0.15) is 47.0 Å². The highest BCUT2D eigenvalue weighted by Gasteiger charge is 2.23. The van der Waals surface area contributed by atoms with Crippen molar-refractivity contribution in [1.82, 2.24) is 10.2 Å². The van der Waals surface area contributed by atoms with Crippen LogP contribution in [0.5, 0.6) is 0 Å². The van der Waals surface area contributed by atoms with E-state index in [0.29, 0.717) is 0 Å². The van der Waals surface area contributed by atoms with Gasteiger partial charge in [0.25, 0.3) is 0 Å². The largest absolute Gasteiger partial charge is 0.357 e. The number of aliphatic imine (C=N–C) groups is 1. The van der Waals surface area contributed by atoms with Crippen LogP contribution in [0.4, 0.5) is 0 Å². The predicted octanol–water partition coefficient (Wildman–Crippen LogP) is 3.35. The third kappa shape index (κ3) is 6.25. The van der Waals surface area contributed by atoms with E-state index in [2.05, 4.69) is 37.9 Å². The summed E-state index contributed by atoms with van der Waals surface area (Å²) >= 11 is 0. The van der Waals surface area contributed by atoms with Crippen molar-refractivity contribution in [2.45, 2.75) is 47.0 Å². The molecule has 0 aromatic rings. The molecule has 0 radical (unpaired) electrons. The van der Waals surface area contributed by atoms with Crippen molar-refractivity contribution < 1.29 is 0 Å². The van der Waals surface area contributed by atoms with E-state index in [1.165, 1.54) is 19.3 Å². The Morgan fingerprint density at radius 3 is 2.33 bits per heavy atom. The minimum absolute atomic E-state index is 0. The van der Waals surface area contributed by atoms with Gasteiger partial charge in [0.15, 0.2) is 5.96 Å². The molecule has 1 heterocycles. The molecule has 1 saturated heterocycles. The lowest BCUT2D eigenvalue weighted by Gasteiger charge is -2.37. The molecule has 18 heavy (non-hydrogen) atoms. The molecule has 1 aliphatic heterocycles. The summed E-state index contributed by atoms with van der Waals surface area (Å²) in [5, 5.41) is 3.43. The summed E-state index contributed by atoms with van der Waals surface area (Å²) in [7, 11) is 0. The zero-order valence-electron chi connectivity index (χ0n) is 12.4. The van der Waals surface area contributed by atoms with Crippen molar-refractivity contribution in [1.29, 1.82) is 0 Å². The van der Waals surface area contributed by atoms with Gasteiger partial charge in [-0.2, -0.15) is 0 Å². The summed E-state index contributed by atoms with van der Waals surface area (Å²) < 4.78 is 0. The molecule has 0 saturated carbocycles. The van der Waals surface area contributed by atoms with E-state index < -0.39 is 0 Å². The van der Waals surface area contributed by atoms with Crippen molar-refractivity contribution in [3.8, 4) is 0 Å². The maximum absolute atomic E-state index is 4.73. The van der Waals surface area contributed by atoms with Gasteiger partial charge in [-0.3, -0.25) is 4.99 Å². The van der Waals surface area contributed by atoms with Gasteiger partial charge in [-0.25, -0.2) is 0 Å². The molecule has 108 valence electrons. The Balaban J connectivity index is 0.00000289. The first-order chi connectivity index (χ1) is 8.17. The van der Waals surface area contributed by atoms with Gasteiger partial charge in [0.1, 0.15) is 0 Å². The number of rotatable bonds is 4. The number of halogens is 1. The first kappa shape index (κ1) is 18.0. The maximum Gasteiger partial charge on any atom is 0.193 e. The lowest BCUT2D eigenvalue weighted by molar-refractivity contribution is 0.208. The Morgan fingerprint density at radius 1 is 1.22 bits per heavy atom. The molecule has 1 aliphatic rings. The van der Waals surface area contributed by atoms with Crippen LogP contribution in [-0.2, 0) is 0 Å². The number of piperidine rings is 1. The lowest BCUT2D eigenvalue weighted by Crippen LogP contribution is -2.48. The van der Waals surface area contributed by atoms with Crippen LogP contribution in [0.3, 0.4) is 0 Å². The van der Waals surface area contributed by atoms with Crippen molar-refractivity contribution in [2.24, 2.45) is 16.8 Å². The first-order valence-corrected chi connectivity index (χ1v) is 7.20. The molecule has 2 atom stereocenters. The monoisotopic (exact) mass is 367 g/mol. The highest BCUT2D eigenvalue weighted by Crippen LogP contribution is 2.20. The van der Waals surface area contributed by atoms with E-state index in [-0.39, 0.29) is 24.0 Å². The predicted molar refractivity (Wildman–Crippen MR) is 90.8 cm³/mol. The van der Waals surface area contributed by atoms with Crippen LogP contribution in [0.15, 0.2) is 4.99 Å². The Bertz CT molecular complexity index is 233. The van der Waals surface area contributed by atoms with Gasteiger partial charge in [-0.05, 0) is 31.6 Å². The molecule has 0 aromatic carbocycles. The van der Waals surface area contributed by atoms with Crippen LogP contribution in [-0.4, -0.2) is 37.0 Å². The third-order valence-corrected chi connectivity index (χ3v) is 3.28. The highest BCUT2D eigenvalue weighted by atomic mass is 127. The molecular formula is C14H30IN3. The molecule has 1 N–H and O–H groups in total. The maximum atomic E-state index is 4.73. The standard InChI is InChI=1S/C14H29N3.HI/c1-5-7-8-16-14(15-6-2)17-10-12(3)9-13(4)11-17;/h12-13H,5-11H2,1-4H3,(H,15,16);1H. The molecule has 3 nitrogen and oxygen atoms in total. The quantitative estimate of drug-likeness (QED) is 0.357. The zero-order valence-corrected chi connectivity index (χ0v) is 14.7. The van der Waals surface area contributed by atoms with Crippen LogP contribution in [0, 0.1) is 11.8 Å². The Labute approximate surface area is 130 Å². The number of nitrogens with one attached hydrogen (secondary N) is 1. The smallest absolute Gasteiger partial charge is 0.193 e. The van der Waals surface area contributed by atoms with E-state index in [0.717, 1.165) is 44.0 Å². The number of hydrogen-bond acceptors (Lipinski definition) is 1. The van der Waals surface area contributed by atoms with Gasteiger partial charge >= 0.3 is 0 Å². The Kier molecular flexibility index (Phi) is 9.87. The molecule has 0 amide bonds. The van der Waals surface area contributed by atoms with Gasteiger partial charge in [-0.1, -0.05) is 27.2 Å². The molecule has 0 aliphatic carbocycles. The van der Waals surface area contributed by atoms with Crippen LogP contribution >= 0.6 is 24.0 Å². The SMILES string of the molecule is CCCCN=C(NCC)N1CC(C)CC(C)C1.I. The minimum atomic E-state index is 0. The van der Waals surface area contributed by atoms with E-state index in [4.69, 9.17) is 4.99 Å². The number of unbranched alkanes of at least 4 members (excludes halogenated alkanes) is 1. The lowest BCUT2D eigenvalue weighted by atomic mass is 9.92. The fraction of sp³-hybridized carbons (Fsp3) is 0.929. The average Bonchev–Trinajstić information content (AvgIpc) is 2.27. The summed E-state index contributed by atoms with van der Waals surface area (Å²) in [5.41, 5.74) is 0. The molecule has 0 bridgehead atoms.